The van der Waals surface area contributed by atoms with E-state index in [-0.39, 0.29) is 23.0 Å². The van der Waals surface area contributed by atoms with E-state index >= 15 is 0 Å². The fraction of sp³-hybridized carbons (Fsp3) is 0.429. The lowest BCUT2D eigenvalue weighted by atomic mass is 10.00. The molecule has 0 atom stereocenters. The van der Waals surface area contributed by atoms with Gasteiger partial charge in [0, 0.05) is 19.8 Å². The average molecular weight is 263 g/mol. The number of imide groups is 1. The predicted octanol–water partition coefficient (Wildman–Crippen LogP) is 1.85. The van der Waals surface area contributed by atoms with Gasteiger partial charge in [-0.2, -0.15) is 0 Å². The second kappa shape index (κ2) is 4.74. The number of carbonyl (C=O) groups is 2. The van der Waals surface area contributed by atoms with Crippen molar-refractivity contribution in [2.75, 3.05) is 19.8 Å². The van der Waals surface area contributed by atoms with Gasteiger partial charge in [-0.05, 0) is 30.9 Å². The van der Waals surface area contributed by atoms with Crippen LogP contribution in [0.3, 0.4) is 0 Å². The molecule has 2 amide bonds. The Bertz CT molecular complexity index is 537. The van der Waals surface area contributed by atoms with Crippen molar-refractivity contribution in [3.63, 3.8) is 0 Å². The molecule has 0 unspecified atom stereocenters. The van der Waals surface area contributed by atoms with Crippen LogP contribution in [0, 0.1) is 11.7 Å². The monoisotopic (exact) mass is 263 g/mol. The summed E-state index contributed by atoms with van der Waals surface area (Å²) in [7, 11) is 0. The van der Waals surface area contributed by atoms with Crippen LogP contribution in [0.5, 0.6) is 0 Å². The van der Waals surface area contributed by atoms with Crippen molar-refractivity contribution >= 4 is 11.8 Å². The number of rotatable bonds is 2. The van der Waals surface area contributed by atoms with Crippen LogP contribution in [0.2, 0.25) is 0 Å². The first-order valence-electron chi connectivity index (χ1n) is 6.41. The standard InChI is InChI=1S/C14H14FNO3/c15-11-3-1-2-10-12(11)14(18)16(13(10)17)8-9-4-6-19-7-5-9/h1-3,9H,4-8H2. The molecule has 2 heterocycles. The van der Waals surface area contributed by atoms with E-state index in [1.54, 1.807) is 0 Å². The van der Waals surface area contributed by atoms with Crippen LogP contribution in [0.1, 0.15) is 33.6 Å². The molecule has 0 N–H and O–H groups in total. The predicted molar refractivity (Wildman–Crippen MR) is 65.3 cm³/mol. The first-order chi connectivity index (χ1) is 9.18. The number of hydrogen-bond donors (Lipinski definition) is 0. The fourth-order valence-electron chi connectivity index (χ4n) is 2.65. The quantitative estimate of drug-likeness (QED) is 0.765. The van der Waals surface area contributed by atoms with Crippen molar-refractivity contribution in [2.24, 2.45) is 5.92 Å². The molecule has 1 saturated heterocycles. The lowest BCUT2D eigenvalue weighted by Gasteiger charge is -2.25. The molecule has 0 saturated carbocycles. The van der Waals surface area contributed by atoms with Gasteiger partial charge >= 0.3 is 0 Å². The number of fused-ring (bicyclic) bond motifs is 1. The van der Waals surface area contributed by atoms with Gasteiger partial charge in [-0.1, -0.05) is 6.07 Å². The highest BCUT2D eigenvalue weighted by Crippen LogP contribution is 2.27. The van der Waals surface area contributed by atoms with E-state index in [9.17, 15) is 14.0 Å². The minimum atomic E-state index is -0.620. The van der Waals surface area contributed by atoms with Crippen molar-refractivity contribution < 1.29 is 18.7 Å². The third-order valence-corrected chi connectivity index (χ3v) is 3.73. The third kappa shape index (κ3) is 2.04. The molecular weight excluding hydrogens is 249 g/mol. The topological polar surface area (TPSA) is 46.6 Å². The Balaban J connectivity index is 1.84. The summed E-state index contributed by atoms with van der Waals surface area (Å²) in [6.07, 6.45) is 1.66. The van der Waals surface area contributed by atoms with Crippen molar-refractivity contribution in [1.29, 1.82) is 0 Å². The van der Waals surface area contributed by atoms with Crippen LogP contribution >= 0.6 is 0 Å². The van der Waals surface area contributed by atoms with Gasteiger partial charge in [0.25, 0.3) is 11.8 Å². The number of hydrogen-bond acceptors (Lipinski definition) is 3. The van der Waals surface area contributed by atoms with Crippen LogP contribution in [0.4, 0.5) is 4.39 Å². The van der Waals surface area contributed by atoms with Crippen LogP contribution in [0.25, 0.3) is 0 Å². The molecule has 2 aliphatic heterocycles. The molecule has 2 aliphatic rings. The van der Waals surface area contributed by atoms with Gasteiger partial charge in [0.15, 0.2) is 0 Å². The number of amides is 2. The lowest BCUT2D eigenvalue weighted by molar-refractivity contribution is 0.0433. The molecule has 1 aromatic rings. The minimum absolute atomic E-state index is 0.0837. The summed E-state index contributed by atoms with van der Waals surface area (Å²) in [6, 6.07) is 4.17. The van der Waals surface area contributed by atoms with Gasteiger partial charge in [-0.15, -0.1) is 0 Å². The van der Waals surface area contributed by atoms with Gasteiger partial charge in [0.1, 0.15) is 5.82 Å². The number of carbonyl (C=O) groups excluding carboxylic acids is 2. The zero-order chi connectivity index (χ0) is 13.4. The van der Waals surface area contributed by atoms with Crippen LogP contribution < -0.4 is 0 Å². The highest BCUT2D eigenvalue weighted by molar-refractivity contribution is 6.21. The SMILES string of the molecule is O=C1c2cccc(F)c2C(=O)N1CC1CCOCC1. The molecule has 0 radical (unpaired) electrons. The summed E-state index contributed by atoms with van der Waals surface area (Å²) in [5.74, 6) is -1.26. The van der Waals surface area contributed by atoms with E-state index in [0.717, 1.165) is 12.8 Å². The second-order valence-corrected chi connectivity index (χ2v) is 4.94. The molecular formula is C14H14FNO3. The molecule has 5 heteroatoms. The third-order valence-electron chi connectivity index (χ3n) is 3.73. The number of benzene rings is 1. The largest absolute Gasteiger partial charge is 0.381 e. The Morgan fingerprint density at radius 3 is 2.63 bits per heavy atom. The molecule has 0 bridgehead atoms. The van der Waals surface area contributed by atoms with Crippen molar-refractivity contribution in [3.8, 4) is 0 Å². The first-order valence-corrected chi connectivity index (χ1v) is 6.41. The van der Waals surface area contributed by atoms with Gasteiger partial charge in [-0.25, -0.2) is 4.39 Å². The maximum absolute atomic E-state index is 13.6. The summed E-state index contributed by atoms with van der Waals surface area (Å²) in [6.45, 7) is 1.67. The van der Waals surface area contributed by atoms with Gasteiger partial charge in [0.2, 0.25) is 0 Å². The van der Waals surface area contributed by atoms with E-state index in [4.69, 9.17) is 4.74 Å². The van der Waals surface area contributed by atoms with Crippen molar-refractivity contribution in [2.45, 2.75) is 12.8 Å². The summed E-state index contributed by atoms with van der Waals surface area (Å²) in [4.78, 5) is 25.4. The molecule has 100 valence electrons. The zero-order valence-corrected chi connectivity index (χ0v) is 10.4. The van der Waals surface area contributed by atoms with Crippen LogP contribution in [-0.2, 0) is 4.74 Å². The molecule has 3 rings (SSSR count). The maximum Gasteiger partial charge on any atom is 0.264 e. The molecule has 0 aromatic heterocycles. The second-order valence-electron chi connectivity index (χ2n) is 4.94. The Hall–Kier alpha value is -1.75. The molecule has 19 heavy (non-hydrogen) atoms. The Morgan fingerprint density at radius 2 is 1.95 bits per heavy atom. The van der Waals surface area contributed by atoms with Crippen molar-refractivity contribution in [1.82, 2.24) is 4.90 Å². The Kier molecular flexibility index (Phi) is 3.06. The van der Waals surface area contributed by atoms with E-state index in [1.807, 2.05) is 0 Å². The molecule has 1 aromatic carbocycles. The molecule has 1 fully saturated rings. The van der Waals surface area contributed by atoms with Gasteiger partial charge in [-0.3, -0.25) is 14.5 Å². The van der Waals surface area contributed by atoms with Crippen LogP contribution in [0.15, 0.2) is 18.2 Å². The zero-order valence-electron chi connectivity index (χ0n) is 10.4. The average Bonchev–Trinajstić information content (AvgIpc) is 2.66. The van der Waals surface area contributed by atoms with E-state index in [0.29, 0.717) is 19.8 Å². The lowest BCUT2D eigenvalue weighted by Crippen LogP contribution is -2.36. The fourth-order valence-corrected chi connectivity index (χ4v) is 2.65. The van der Waals surface area contributed by atoms with E-state index in [1.165, 1.54) is 23.1 Å². The van der Waals surface area contributed by atoms with Crippen LogP contribution in [-0.4, -0.2) is 36.5 Å². The van der Waals surface area contributed by atoms with Gasteiger partial charge in [0.05, 0.1) is 11.1 Å². The number of ether oxygens (including phenoxy) is 1. The smallest absolute Gasteiger partial charge is 0.264 e. The van der Waals surface area contributed by atoms with E-state index < -0.39 is 11.7 Å². The first kappa shape index (κ1) is 12.3. The highest BCUT2D eigenvalue weighted by Gasteiger charge is 2.38. The highest BCUT2D eigenvalue weighted by atomic mass is 19.1. The van der Waals surface area contributed by atoms with E-state index in [2.05, 4.69) is 0 Å². The summed E-state index contributed by atoms with van der Waals surface area (Å²) in [5, 5.41) is 0. The molecule has 4 nitrogen and oxygen atoms in total. The summed E-state index contributed by atoms with van der Waals surface area (Å²) < 4.78 is 18.9. The number of nitrogens with zero attached hydrogens (tertiary/aromatic N) is 1. The summed E-state index contributed by atoms with van der Waals surface area (Å²) in [5.41, 5.74) is 0.0941. The minimum Gasteiger partial charge on any atom is -0.381 e. The molecule has 0 spiro atoms. The maximum atomic E-state index is 13.6. The Morgan fingerprint density at radius 1 is 1.21 bits per heavy atom. The summed E-state index contributed by atoms with van der Waals surface area (Å²) >= 11 is 0. The molecule has 0 aliphatic carbocycles. The Labute approximate surface area is 110 Å². The normalized spacial score (nSPS) is 19.9. The van der Waals surface area contributed by atoms with Gasteiger partial charge < -0.3 is 4.74 Å². The van der Waals surface area contributed by atoms with Crippen molar-refractivity contribution in [3.05, 3.63) is 35.1 Å². The number of halogens is 1.